The highest BCUT2D eigenvalue weighted by molar-refractivity contribution is 7.90. The van der Waals surface area contributed by atoms with E-state index in [4.69, 9.17) is 32.7 Å². The number of methoxy groups -OCH3 is 2. The molecule has 64 heavy (non-hydrogen) atoms. The lowest BCUT2D eigenvalue weighted by molar-refractivity contribution is -0.0421. The van der Waals surface area contributed by atoms with E-state index >= 15 is 0 Å². The number of halogens is 4. The molecule has 7 aromatic rings. The molecule has 2 aliphatic carbocycles. The minimum atomic E-state index is -4.02. The van der Waals surface area contributed by atoms with E-state index < -0.39 is 39.9 Å². The molecule has 2 saturated carbocycles. The molecule has 6 heterocycles. The Morgan fingerprint density at radius 2 is 1.28 bits per heavy atom. The lowest BCUT2D eigenvalue weighted by Gasteiger charge is -2.34. The maximum atomic E-state index is 14.7. The van der Waals surface area contributed by atoms with Crippen molar-refractivity contribution in [1.82, 2.24) is 38.9 Å². The van der Waals surface area contributed by atoms with Gasteiger partial charge in [-0.3, -0.25) is 0 Å². The van der Waals surface area contributed by atoms with Crippen molar-refractivity contribution in [3.05, 3.63) is 101 Å². The SMILES string of the molecule is CO[C@@H]1CCCC(Nc2nc(-c3c[nH]c4ncc(Cl)cc34)ncc2F)[C@H]1O.CO[C@@H]1CCCC(Nc2nc(-c3cn(S(=O)(=O)c4ccc(C)cc4)c4ncc(Cl)cc34)ncc2F)[C@H]1O. The summed E-state index contributed by atoms with van der Waals surface area (Å²) in [6, 6.07) is 8.95. The highest BCUT2D eigenvalue weighted by Crippen LogP contribution is 2.34. The molecule has 2 fully saturated rings. The number of fused-ring (bicyclic) bond motifs is 2. The average molecular weight is 938 g/mol. The molecule has 0 aliphatic heterocycles. The molecule has 0 radical (unpaired) electrons. The monoisotopic (exact) mass is 936 g/mol. The first-order valence-corrected chi connectivity index (χ1v) is 22.6. The van der Waals surface area contributed by atoms with Crippen LogP contribution < -0.4 is 10.6 Å². The number of nitrogens with one attached hydrogen (secondary N) is 3. The van der Waals surface area contributed by atoms with Gasteiger partial charge in [0.1, 0.15) is 17.9 Å². The van der Waals surface area contributed by atoms with E-state index in [0.29, 0.717) is 52.3 Å². The van der Waals surface area contributed by atoms with Gasteiger partial charge in [-0.25, -0.2) is 51.1 Å². The highest BCUT2D eigenvalue weighted by atomic mass is 35.5. The molecule has 2 unspecified atom stereocenters. The number of aliphatic hydroxyl groups is 2. The predicted octanol–water partition coefficient (Wildman–Crippen LogP) is 7.32. The molecule has 6 aromatic heterocycles. The van der Waals surface area contributed by atoms with Crippen molar-refractivity contribution in [2.24, 2.45) is 0 Å². The lowest BCUT2D eigenvalue weighted by Crippen LogP contribution is -2.46. The first-order valence-electron chi connectivity index (χ1n) is 20.4. The molecule has 6 atom stereocenters. The number of hydrogen-bond donors (Lipinski definition) is 5. The van der Waals surface area contributed by atoms with Crippen LogP contribution in [0.5, 0.6) is 0 Å². The normalized spacial score (nSPS) is 21.4. The Bertz CT molecular complexity index is 2910. The molecule has 0 amide bonds. The predicted molar refractivity (Wildman–Crippen MR) is 238 cm³/mol. The van der Waals surface area contributed by atoms with E-state index in [1.807, 2.05) is 6.92 Å². The molecule has 1 aromatic carbocycles. The smallest absolute Gasteiger partial charge is 0.269 e. The molecular formula is C43H44Cl2F2N10O6S. The lowest BCUT2D eigenvalue weighted by atomic mass is 9.90. The summed E-state index contributed by atoms with van der Waals surface area (Å²) in [5, 5.41) is 28.9. The summed E-state index contributed by atoms with van der Waals surface area (Å²) in [5.41, 5.74) is 2.67. The van der Waals surface area contributed by atoms with Crippen LogP contribution in [0.4, 0.5) is 20.4 Å². The van der Waals surface area contributed by atoms with Gasteiger partial charge in [0.25, 0.3) is 10.0 Å². The summed E-state index contributed by atoms with van der Waals surface area (Å²) in [4.78, 5) is 28.5. The number of rotatable bonds is 10. The zero-order valence-corrected chi connectivity index (χ0v) is 37.0. The minimum Gasteiger partial charge on any atom is -0.388 e. The summed E-state index contributed by atoms with van der Waals surface area (Å²) < 4.78 is 67.7. The number of aromatic nitrogens is 8. The number of H-pyrrole nitrogens is 1. The zero-order chi connectivity index (χ0) is 45.3. The Hall–Kier alpha value is -5.41. The van der Waals surface area contributed by atoms with Crippen LogP contribution in [0.3, 0.4) is 0 Å². The number of pyridine rings is 2. The Morgan fingerprint density at radius 1 is 0.750 bits per heavy atom. The van der Waals surface area contributed by atoms with Gasteiger partial charge in [-0.1, -0.05) is 40.9 Å². The number of aromatic amines is 1. The van der Waals surface area contributed by atoms with E-state index in [0.717, 1.165) is 46.6 Å². The van der Waals surface area contributed by atoms with Crippen LogP contribution in [0.1, 0.15) is 44.1 Å². The maximum absolute atomic E-state index is 14.7. The average Bonchev–Trinajstić information content (AvgIpc) is 3.89. The fraction of sp³-hybridized carbons (Fsp3) is 0.349. The van der Waals surface area contributed by atoms with Crippen molar-refractivity contribution in [1.29, 1.82) is 0 Å². The van der Waals surface area contributed by atoms with Crippen molar-refractivity contribution in [3.63, 3.8) is 0 Å². The highest BCUT2D eigenvalue weighted by Gasteiger charge is 2.34. The second-order valence-electron chi connectivity index (χ2n) is 15.6. The van der Waals surface area contributed by atoms with Gasteiger partial charge < -0.3 is 35.3 Å². The Balaban J connectivity index is 0.000000184. The van der Waals surface area contributed by atoms with Crippen molar-refractivity contribution in [2.45, 2.75) is 86.8 Å². The molecular weight excluding hydrogens is 894 g/mol. The van der Waals surface area contributed by atoms with Crippen LogP contribution in [-0.2, 0) is 19.5 Å². The summed E-state index contributed by atoms with van der Waals surface area (Å²) in [5.74, 6) is -0.940. The van der Waals surface area contributed by atoms with Crippen LogP contribution in [0.25, 0.3) is 44.8 Å². The summed E-state index contributed by atoms with van der Waals surface area (Å²) >= 11 is 12.2. The van der Waals surface area contributed by atoms with Gasteiger partial charge in [0.05, 0.1) is 51.6 Å². The van der Waals surface area contributed by atoms with Gasteiger partial charge in [-0.2, -0.15) is 0 Å². The Morgan fingerprint density at radius 3 is 1.84 bits per heavy atom. The van der Waals surface area contributed by atoms with Crippen LogP contribution >= 0.6 is 23.2 Å². The van der Waals surface area contributed by atoms with Gasteiger partial charge in [-0.15, -0.1) is 0 Å². The number of benzene rings is 1. The molecule has 0 saturated heterocycles. The van der Waals surface area contributed by atoms with Crippen molar-refractivity contribution in [2.75, 3.05) is 24.9 Å². The van der Waals surface area contributed by atoms with Crippen molar-refractivity contribution >= 4 is 66.9 Å². The molecule has 21 heteroatoms. The van der Waals surface area contributed by atoms with Gasteiger partial charge in [-0.05, 0) is 69.7 Å². The molecule has 2 aliphatic rings. The molecule has 336 valence electrons. The fourth-order valence-corrected chi connectivity index (χ4v) is 9.70. The van der Waals surface area contributed by atoms with Crippen LogP contribution in [0.15, 0.2) is 78.5 Å². The Labute approximate surface area is 376 Å². The minimum absolute atomic E-state index is 0.0464. The first kappa shape index (κ1) is 45.2. The van der Waals surface area contributed by atoms with E-state index in [1.165, 1.54) is 31.6 Å². The third-order valence-corrected chi connectivity index (χ3v) is 13.5. The molecule has 0 spiro atoms. The number of hydrogen-bond acceptors (Lipinski definition) is 14. The fourth-order valence-electron chi connectivity index (χ4n) is 8.06. The van der Waals surface area contributed by atoms with E-state index in [2.05, 4.69) is 45.5 Å². The van der Waals surface area contributed by atoms with E-state index in [1.54, 1.807) is 43.8 Å². The number of ether oxygens (including phenoxy) is 2. The first-order chi connectivity index (χ1) is 30.7. The van der Waals surface area contributed by atoms with Crippen LogP contribution in [0, 0.1) is 18.6 Å². The number of aryl methyl sites for hydroxylation is 1. The second-order valence-corrected chi connectivity index (χ2v) is 18.3. The van der Waals surface area contributed by atoms with Gasteiger partial charge in [0, 0.05) is 60.9 Å². The van der Waals surface area contributed by atoms with Crippen LogP contribution in [0.2, 0.25) is 10.0 Å². The molecule has 0 bridgehead atoms. The second kappa shape index (κ2) is 19.0. The number of anilines is 2. The largest absolute Gasteiger partial charge is 0.388 e. The maximum Gasteiger partial charge on any atom is 0.269 e. The summed E-state index contributed by atoms with van der Waals surface area (Å²) in [6.07, 6.45) is 10.3. The number of aliphatic hydroxyl groups excluding tert-OH is 2. The Kier molecular flexibility index (Phi) is 13.4. The van der Waals surface area contributed by atoms with E-state index in [-0.39, 0.29) is 51.3 Å². The molecule has 16 nitrogen and oxygen atoms in total. The molecule has 9 rings (SSSR count). The van der Waals surface area contributed by atoms with Crippen molar-refractivity contribution < 1.29 is 36.9 Å². The quantitative estimate of drug-likeness (QED) is 0.0909. The van der Waals surface area contributed by atoms with Gasteiger partial charge >= 0.3 is 0 Å². The molecule has 5 N–H and O–H groups in total. The summed E-state index contributed by atoms with van der Waals surface area (Å²) in [7, 11) is -0.929. The topological polar surface area (TPSA) is 215 Å². The summed E-state index contributed by atoms with van der Waals surface area (Å²) in [6.45, 7) is 1.86. The standard InChI is InChI=1S/C25H25ClFN5O4S.C18H19ClFN5O2/c1-14-6-8-16(9-7-14)37(34,35)32-13-18(17-10-15(26)11-29-25(17)32)23-28-12-19(27)24(31-23)30-20-4-3-5-21(36-2)22(20)33;1-27-14-4-2-3-13(15(14)26)24-18-12(20)8-23-17(25-18)11-7-22-16-10(11)5-9(19)6-21-16/h6-13,20-22,33H,3-5H2,1-2H3,(H,28,30,31);5-8,13-15,26H,2-4H2,1H3,(H,21,22)(H,23,24,25)/t20?,21-,22-;13?,14-,15-/m11/s1. The third kappa shape index (κ3) is 9.24. The zero-order valence-electron chi connectivity index (χ0n) is 34.7. The van der Waals surface area contributed by atoms with Crippen molar-refractivity contribution in [3.8, 4) is 22.8 Å². The van der Waals surface area contributed by atoms with E-state index in [9.17, 15) is 27.4 Å². The number of nitrogens with zero attached hydrogens (tertiary/aromatic N) is 7. The third-order valence-electron chi connectivity index (χ3n) is 11.5. The van der Waals surface area contributed by atoms with Gasteiger partial charge in [0.2, 0.25) is 0 Å². The van der Waals surface area contributed by atoms with Crippen LogP contribution in [-0.4, -0.2) is 108 Å². The van der Waals surface area contributed by atoms with Gasteiger partial charge in [0.15, 0.2) is 40.6 Å².